The smallest absolute Gasteiger partial charge is 0.262 e. The Balaban J connectivity index is 2.16. The molecule has 3 aromatic rings. The van der Waals surface area contributed by atoms with Gasteiger partial charge in [0.1, 0.15) is 17.0 Å². The molecule has 0 aliphatic carbocycles. The Hall–Kier alpha value is -2.48. The summed E-state index contributed by atoms with van der Waals surface area (Å²) < 4.78 is 45.7. The summed E-state index contributed by atoms with van der Waals surface area (Å²) in [7, 11) is -3.91. The Labute approximate surface area is 119 Å². The van der Waals surface area contributed by atoms with Crippen molar-refractivity contribution in [1.82, 2.24) is 10.1 Å². The maximum Gasteiger partial charge on any atom is 0.262 e. The van der Waals surface area contributed by atoms with Gasteiger partial charge in [0.2, 0.25) is 0 Å². The first-order valence-electron chi connectivity index (χ1n) is 5.96. The highest BCUT2D eigenvalue weighted by atomic mass is 32.2. The minimum Gasteiger partial charge on any atom is -0.359 e. The zero-order chi connectivity index (χ0) is 15.0. The molecule has 0 saturated carbocycles. The zero-order valence-corrected chi connectivity index (χ0v) is 11.7. The molecule has 1 N–H and O–H groups in total. The molecule has 0 amide bonds. The van der Waals surface area contributed by atoms with Crippen LogP contribution < -0.4 is 4.72 Å². The molecule has 0 aliphatic heterocycles. The van der Waals surface area contributed by atoms with Gasteiger partial charge in [0.15, 0.2) is 5.76 Å². The Morgan fingerprint density at radius 1 is 1.29 bits per heavy atom. The standard InChI is InChI=1S/C13H10FN3O3S/c1-8-11(7-16-20-8)17-21(18,19)12-5-4-10(14)13-9(12)3-2-6-15-13/h2-7,17H,1H3. The van der Waals surface area contributed by atoms with Crippen molar-refractivity contribution in [3.63, 3.8) is 0 Å². The summed E-state index contributed by atoms with van der Waals surface area (Å²) >= 11 is 0. The molecule has 2 heterocycles. The number of benzene rings is 1. The minimum atomic E-state index is -3.91. The highest BCUT2D eigenvalue weighted by molar-refractivity contribution is 7.93. The fraction of sp³-hybridized carbons (Fsp3) is 0.0769. The average Bonchev–Trinajstić information content (AvgIpc) is 2.84. The minimum absolute atomic E-state index is 0.00224. The Bertz CT molecular complexity index is 921. The predicted octanol–water partition coefficient (Wildman–Crippen LogP) is 2.47. The van der Waals surface area contributed by atoms with E-state index in [2.05, 4.69) is 14.9 Å². The number of sulfonamides is 1. The molecule has 1 aromatic carbocycles. The first kappa shape index (κ1) is 13.5. The Kier molecular flexibility index (Phi) is 3.09. The van der Waals surface area contributed by atoms with Crippen molar-refractivity contribution < 1.29 is 17.3 Å². The van der Waals surface area contributed by atoms with E-state index in [-0.39, 0.29) is 21.5 Å². The summed E-state index contributed by atoms with van der Waals surface area (Å²) in [6.45, 7) is 1.58. The van der Waals surface area contributed by atoms with Gasteiger partial charge in [-0.1, -0.05) is 5.16 Å². The van der Waals surface area contributed by atoms with Crippen LogP contribution in [0, 0.1) is 12.7 Å². The first-order valence-corrected chi connectivity index (χ1v) is 7.45. The van der Waals surface area contributed by atoms with Crippen LogP contribution in [0.4, 0.5) is 10.1 Å². The number of aryl methyl sites for hydroxylation is 1. The van der Waals surface area contributed by atoms with Gasteiger partial charge in [0, 0.05) is 11.6 Å². The monoisotopic (exact) mass is 307 g/mol. The summed E-state index contributed by atoms with van der Waals surface area (Å²) in [5.74, 6) is -0.242. The molecule has 0 aliphatic rings. The van der Waals surface area contributed by atoms with Crippen LogP contribution >= 0.6 is 0 Å². The molecule has 8 heteroatoms. The second kappa shape index (κ2) is 4.81. The zero-order valence-electron chi connectivity index (χ0n) is 10.9. The van der Waals surface area contributed by atoms with Crippen LogP contribution in [0.5, 0.6) is 0 Å². The number of nitrogens with zero attached hydrogens (tertiary/aromatic N) is 2. The van der Waals surface area contributed by atoms with Crippen LogP contribution in [0.25, 0.3) is 10.9 Å². The van der Waals surface area contributed by atoms with E-state index in [9.17, 15) is 12.8 Å². The van der Waals surface area contributed by atoms with Gasteiger partial charge in [-0.15, -0.1) is 0 Å². The molecule has 0 atom stereocenters. The molecule has 0 radical (unpaired) electrons. The molecule has 0 unspecified atom stereocenters. The predicted molar refractivity (Wildman–Crippen MR) is 73.7 cm³/mol. The van der Waals surface area contributed by atoms with Crippen molar-refractivity contribution in [3.05, 3.63) is 48.2 Å². The maximum atomic E-state index is 13.7. The highest BCUT2D eigenvalue weighted by Gasteiger charge is 2.21. The van der Waals surface area contributed by atoms with Crippen molar-refractivity contribution >= 4 is 26.6 Å². The Morgan fingerprint density at radius 2 is 2.10 bits per heavy atom. The third-order valence-corrected chi connectivity index (χ3v) is 4.39. The number of anilines is 1. The van der Waals surface area contributed by atoms with Gasteiger partial charge in [-0.05, 0) is 31.2 Å². The van der Waals surface area contributed by atoms with Crippen LogP contribution in [-0.2, 0) is 10.0 Å². The van der Waals surface area contributed by atoms with Gasteiger partial charge in [-0.25, -0.2) is 12.8 Å². The molecule has 0 saturated heterocycles. The lowest BCUT2D eigenvalue weighted by molar-refractivity contribution is 0.398. The number of rotatable bonds is 3. The van der Waals surface area contributed by atoms with Crippen LogP contribution in [0.1, 0.15) is 5.76 Å². The summed E-state index contributed by atoms with van der Waals surface area (Å²) in [5.41, 5.74) is 0.235. The van der Waals surface area contributed by atoms with E-state index in [1.807, 2.05) is 0 Å². The molecule has 0 bridgehead atoms. The maximum absolute atomic E-state index is 13.7. The summed E-state index contributed by atoms with van der Waals surface area (Å²) in [4.78, 5) is 3.81. The van der Waals surface area contributed by atoms with Crippen LogP contribution in [-0.4, -0.2) is 18.6 Å². The van der Waals surface area contributed by atoms with E-state index in [1.54, 1.807) is 13.0 Å². The molecule has 108 valence electrons. The van der Waals surface area contributed by atoms with Crippen LogP contribution in [0.3, 0.4) is 0 Å². The third-order valence-electron chi connectivity index (χ3n) is 2.96. The highest BCUT2D eigenvalue weighted by Crippen LogP contribution is 2.26. The number of hydrogen-bond acceptors (Lipinski definition) is 5. The van der Waals surface area contributed by atoms with Crippen molar-refractivity contribution in [2.24, 2.45) is 0 Å². The molecular formula is C13H10FN3O3S. The van der Waals surface area contributed by atoms with Crippen molar-refractivity contribution in [2.75, 3.05) is 4.72 Å². The van der Waals surface area contributed by atoms with Gasteiger partial charge >= 0.3 is 0 Å². The van der Waals surface area contributed by atoms with E-state index in [1.165, 1.54) is 24.5 Å². The number of aromatic nitrogens is 2. The number of pyridine rings is 1. The third kappa shape index (κ3) is 2.33. The van der Waals surface area contributed by atoms with Gasteiger partial charge in [-0.2, -0.15) is 0 Å². The summed E-state index contributed by atoms with van der Waals surface area (Å²) in [6.07, 6.45) is 2.66. The quantitative estimate of drug-likeness (QED) is 0.803. The lowest BCUT2D eigenvalue weighted by Gasteiger charge is -2.09. The lowest BCUT2D eigenvalue weighted by Crippen LogP contribution is -2.14. The van der Waals surface area contributed by atoms with Gasteiger partial charge in [-0.3, -0.25) is 9.71 Å². The molecule has 21 heavy (non-hydrogen) atoms. The Morgan fingerprint density at radius 3 is 2.81 bits per heavy atom. The van der Waals surface area contributed by atoms with Crippen LogP contribution in [0.2, 0.25) is 0 Å². The number of nitrogens with one attached hydrogen (secondary N) is 1. The number of fused-ring (bicyclic) bond motifs is 1. The van der Waals surface area contributed by atoms with E-state index < -0.39 is 15.8 Å². The SMILES string of the molecule is Cc1oncc1NS(=O)(=O)c1ccc(F)c2ncccc12. The van der Waals surface area contributed by atoms with Gasteiger partial charge in [0.25, 0.3) is 10.0 Å². The number of halogens is 1. The molecule has 0 fully saturated rings. The number of hydrogen-bond donors (Lipinski definition) is 1. The van der Waals surface area contributed by atoms with Crippen molar-refractivity contribution in [1.29, 1.82) is 0 Å². The largest absolute Gasteiger partial charge is 0.359 e. The van der Waals surface area contributed by atoms with E-state index in [0.29, 0.717) is 5.76 Å². The fourth-order valence-electron chi connectivity index (χ4n) is 1.94. The molecule has 2 aromatic heterocycles. The molecule has 6 nitrogen and oxygen atoms in total. The second-order valence-corrected chi connectivity index (χ2v) is 6.00. The van der Waals surface area contributed by atoms with Crippen LogP contribution in [0.15, 0.2) is 46.1 Å². The van der Waals surface area contributed by atoms with E-state index >= 15 is 0 Å². The van der Waals surface area contributed by atoms with Gasteiger partial charge < -0.3 is 4.52 Å². The van der Waals surface area contributed by atoms with Crippen molar-refractivity contribution in [3.8, 4) is 0 Å². The normalized spacial score (nSPS) is 11.7. The average molecular weight is 307 g/mol. The molecular weight excluding hydrogens is 297 g/mol. The summed E-state index contributed by atoms with van der Waals surface area (Å²) in [5, 5.41) is 3.71. The van der Waals surface area contributed by atoms with E-state index in [0.717, 1.165) is 6.07 Å². The summed E-state index contributed by atoms with van der Waals surface area (Å²) in [6, 6.07) is 5.32. The van der Waals surface area contributed by atoms with E-state index in [4.69, 9.17) is 4.52 Å². The van der Waals surface area contributed by atoms with Gasteiger partial charge in [0.05, 0.1) is 11.1 Å². The second-order valence-electron chi connectivity index (χ2n) is 4.35. The molecule has 0 spiro atoms. The lowest BCUT2D eigenvalue weighted by atomic mass is 10.2. The topological polar surface area (TPSA) is 85.1 Å². The fourth-order valence-corrected chi connectivity index (χ4v) is 3.24. The first-order chi connectivity index (χ1) is 9.99. The molecule has 3 rings (SSSR count). The van der Waals surface area contributed by atoms with Crippen molar-refractivity contribution in [2.45, 2.75) is 11.8 Å².